The van der Waals surface area contributed by atoms with Crippen molar-refractivity contribution in [2.24, 2.45) is 0 Å². The molecule has 0 aliphatic heterocycles. The van der Waals surface area contributed by atoms with Crippen LogP contribution in [0.15, 0.2) is 87.8 Å². The lowest BCUT2D eigenvalue weighted by Gasteiger charge is -2.09. The van der Waals surface area contributed by atoms with E-state index in [9.17, 15) is 9.59 Å². The Morgan fingerprint density at radius 3 is 2.42 bits per heavy atom. The number of carbonyl (C=O) groups excluding carboxylic acids is 2. The lowest BCUT2D eigenvalue weighted by atomic mass is 10.1. The van der Waals surface area contributed by atoms with Crippen molar-refractivity contribution in [3.05, 3.63) is 94.7 Å². The smallest absolute Gasteiger partial charge is 0.375 e. The topological polar surface area (TPSA) is 77.8 Å². The zero-order valence-corrected chi connectivity index (χ0v) is 17.9. The first-order chi connectivity index (χ1) is 15.1. The number of furan rings is 1. The van der Waals surface area contributed by atoms with Gasteiger partial charge in [-0.2, -0.15) is 0 Å². The first kappa shape index (κ1) is 20.7. The molecule has 0 aliphatic carbocycles. The molecule has 0 aliphatic rings. The Balaban J connectivity index is 1.48. The van der Waals surface area contributed by atoms with Gasteiger partial charge in [0.15, 0.2) is 6.61 Å². The van der Waals surface area contributed by atoms with Crippen molar-refractivity contribution < 1.29 is 23.5 Å². The molecule has 0 unspecified atom stereocenters. The average Bonchev–Trinajstić information content (AvgIpc) is 3.17. The number of hydrogen-bond donors (Lipinski definition) is 1. The summed E-state index contributed by atoms with van der Waals surface area (Å²) in [7, 11) is 0. The van der Waals surface area contributed by atoms with Gasteiger partial charge >= 0.3 is 5.97 Å². The molecular weight excluding hydrogens is 462 g/mol. The van der Waals surface area contributed by atoms with Gasteiger partial charge in [0.05, 0.1) is 11.3 Å². The van der Waals surface area contributed by atoms with Crippen LogP contribution in [0.1, 0.15) is 16.1 Å². The fourth-order valence-corrected chi connectivity index (χ4v) is 3.41. The van der Waals surface area contributed by atoms with E-state index in [4.69, 9.17) is 13.9 Å². The van der Waals surface area contributed by atoms with Gasteiger partial charge in [-0.15, -0.1) is 0 Å². The molecule has 6 nitrogen and oxygen atoms in total. The molecule has 7 heteroatoms. The second-order valence-corrected chi connectivity index (χ2v) is 7.47. The molecule has 0 radical (unpaired) electrons. The predicted octanol–water partition coefficient (Wildman–Crippen LogP) is 5.57. The molecule has 0 spiro atoms. The van der Waals surface area contributed by atoms with Crippen molar-refractivity contribution in [3.63, 3.8) is 0 Å². The minimum Gasteiger partial charge on any atom is -0.489 e. The summed E-state index contributed by atoms with van der Waals surface area (Å²) in [4.78, 5) is 24.9. The van der Waals surface area contributed by atoms with Crippen LogP contribution in [0.25, 0.3) is 11.0 Å². The summed E-state index contributed by atoms with van der Waals surface area (Å²) in [6, 6.07) is 23.7. The van der Waals surface area contributed by atoms with E-state index < -0.39 is 18.5 Å². The molecule has 0 bridgehead atoms. The Bertz CT molecular complexity index is 1220. The Hall–Kier alpha value is -3.58. The SMILES string of the molecule is O=C(COC(=O)c1oc2ccccc2c1COc1ccccc1)Nc1ccccc1Br. The third-order valence-electron chi connectivity index (χ3n) is 4.49. The maximum Gasteiger partial charge on any atom is 0.375 e. The first-order valence-corrected chi connectivity index (χ1v) is 10.3. The van der Waals surface area contributed by atoms with Gasteiger partial charge in [-0.3, -0.25) is 4.79 Å². The summed E-state index contributed by atoms with van der Waals surface area (Å²) in [5.74, 6) is -0.505. The van der Waals surface area contributed by atoms with Gasteiger partial charge in [-0.1, -0.05) is 48.5 Å². The standard InChI is InChI=1S/C24H18BrNO5/c25-19-11-5-6-12-20(19)26-22(27)15-30-24(28)23-18(14-29-16-8-2-1-3-9-16)17-10-4-7-13-21(17)31-23/h1-13H,14-15H2,(H,26,27). The molecule has 1 N–H and O–H groups in total. The Labute approximate surface area is 186 Å². The number of rotatable bonds is 7. The zero-order valence-electron chi connectivity index (χ0n) is 16.3. The Morgan fingerprint density at radius 2 is 1.61 bits per heavy atom. The normalized spacial score (nSPS) is 10.6. The van der Waals surface area contributed by atoms with E-state index in [0.717, 1.165) is 9.86 Å². The molecule has 0 saturated carbocycles. The van der Waals surface area contributed by atoms with Crippen molar-refractivity contribution in [3.8, 4) is 5.75 Å². The van der Waals surface area contributed by atoms with Gasteiger partial charge in [-0.05, 0) is 46.3 Å². The second kappa shape index (κ2) is 9.49. The zero-order chi connectivity index (χ0) is 21.6. The first-order valence-electron chi connectivity index (χ1n) is 9.51. The molecule has 0 atom stereocenters. The van der Waals surface area contributed by atoms with Crippen molar-refractivity contribution in [1.29, 1.82) is 0 Å². The summed E-state index contributed by atoms with van der Waals surface area (Å²) in [6.45, 7) is -0.329. The van der Waals surface area contributed by atoms with Crippen LogP contribution in [0.4, 0.5) is 5.69 Å². The number of nitrogens with one attached hydrogen (secondary N) is 1. The third-order valence-corrected chi connectivity index (χ3v) is 5.18. The van der Waals surface area contributed by atoms with Crippen molar-refractivity contribution in [2.45, 2.75) is 6.61 Å². The molecule has 156 valence electrons. The van der Waals surface area contributed by atoms with E-state index in [1.54, 1.807) is 24.3 Å². The van der Waals surface area contributed by atoms with Crippen LogP contribution < -0.4 is 10.1 Å². The van der Waals surface area contributed by atoms with E-state index in [1.165, 1.54) is 0 Å². The molecular formula is C24H18BrNO5. The summed E-state index contributed by atoms with van der Waals surface area (Å²) in [6.07, 6.45) is 0. The predicted molar refractivity (Wildman–Crippen MR) is 120 cm³/mol. The average molecular weight is 480 g/mol. The van der Waals surface area contributed by atoms with Crippen LogP contribution in [0.5, 0.6) is 5.75 Å². The van der Waals surface area contributed by atoms with Crippen molar-refractivity contribution in [1.82, 2.24) is 0 Å². The molecule has 1 aromatic heterocycles. The molecule has 1 heterocycles. The number of hydrogen-bond acceptors (Lipinski definition) is 5. The van der Waals surface area contributed by atoms with Crippen molar-refractivity contribution in [2.75, 3.05) is 11.9 Å². The van der Waals surface area contributed by atoms with Crippen LogP contribution in [-0.2, 0) is 16.1 Å². The second-order valence-electron chi connectivity index (χ2n) is 6.61. The van der Waals surface area contributed by atoms with E-state index in [1.807, 2.05) is 54.6 Å². The van der Waals surface area contributed by atoms with E-state index in [2.05, 4.69) is 21.2 Å². The van der Waals surface area contributed by atoms with Crippen LogP contribution in [0.2, 0.25) is 0 Å². The number of anilines is 1. The number of fused-ring (bicyclic) bond motifs is 1. The van der Waals surface area contributed by atoms with Crippen LogP contribution >= 0.6 is 15.9 Å². The largest absolute Gasteiger partial charge is 0.489 e. The molecule has 4 rings (SSSR count). The number of para-hydroxylation sites is 3. The van der Waals surface area contributed by atoms with Gasteiger partial charge in [-0.25, -0.2) is 4.79 Å². The van der Waals surface area contributed by atoms with E-state index in [-0.39, 0.29) is 12.4 Å². The Morgan fingerprint density at radius 1 is 0.903 bits per heavy atom. The van der Waals surface area contributed by atoms with Crippen molar-refractivity contribution >= 4 is 44.5 Å². The van der Waals surface area contributed by atoms with Gasteiger partial charge in [0.1, 0.15) is 17.9 Å². The monoisotopic (exact) mass is 479 g/mol. The van der Waals surface area contributed by atoms with E-state index in [0.29, 0.717) is 22.6 Å². The number of esters is 1. The fraction of sp³-hybridized carbons (Fsp3) is 0.0833. The molecule has 0 saturated heterocycles. The van der Waals surface area contributed by atoms with Gasteiger partial charge < -0.3 is 19.2 Å². The number of ether oxygens (including phenoxy) is 2. The highest BCUT2D eigenvalue weighted by Crippen LogP contribution is 2.28. The Kier molecular flexibility index (Phi) is 6.33. The molecule has 0 fully saturated rings. The highest BCUT2D eigenvalue weighted by atomic mass is 79.9. The highest BCUT2D eigenvalue weighted by Gasteiger charge is 2.23. The van der Waals surface area contributed by atoms with Gasteiger partial charge in [0.2, 0.25) is 5.76 Å². The lowest BCUT2D eigenvalue weighted by molar-refractivity contribution is -0.119. The summed E-state index contributed by atoms with van der Waals surface area (Å²) in [5, 5.41) is 3.44. The summed E-state index contributed by atoms with van der Waals surface area (Å²) < 4.78 is 17.5. The van der Waals surface area contributed by atoms with Gasteiger partial charge in [0.25, 0.3) is 5.91 Å². The summed E-state index contributed by atoms with van der Waals surface area (Å²) in [5.41, 5.74) is 1.69. The van der Waals surface area contributed by atoms with Crippen LogP contribution in [-0.4, -0.2) is 18.5 Å². The van der Waals surface area contributed by atoms with Gasteiger partial charge in [0, 0.05) is 9.86 Å². The van der Waals surface area contributed by atoms with E-state index >= 15 is 0 Å². The molecule has 3 aromatic carbocycles. The van der Waals surface area contributed by atoms with Crippen LogP contribution in [0.3, 0.4) is 0 Å². The summed E-state index contributed by atoms with van der Waals surface area (Å²) >= 11 is 3.36. The lowest BCUT2D eigenvalue weighted by Crippen LogP contribution is -2.21. The minimum absolute atomic E-state index is 0.0193. The maximum absolute atomic E-state index is 12.7. The minimum atomic E-state index is -0.731. The maximum atomic E-state index is 12.7. The third kappa shape index (κ3) is 4.95. The quantitative estimate of drug-likeness (QED) is 0.350. The molecule has 1 amide bonds. The fourth-order valence-electron chi connectivity index (χ4n) is 3.02. The number of amides is 1. The molecule has 31 heavy (non-hydrogen) atoms. The number of halogens is 1. The highest BCUT2D eigenvalue weighted by molar-refractivity contribution is 9.10. The molecule has 4 aromatic rings. The number of carbonyl (C=O) groups is 2. The van der Waals surface area contributed by atoms with Crippen LogP contribution in [0, 0.1) is 0 Å². The number of benzene rings is 3.